The van der Waals surface area contributed by atoms with Gasteiger partial charge in [0.1, 0.15) is 17.6 Å². The number of unbranched alkanes of at least 4 members (excludes halogenated alkanes) is 2. The Morgan fingerprint density at radius 3 is 2.69 bits per heavy atom. The third-order valence-corrected chi connectivity index (χ3v) is 5.27. The quantitative estimate of drug-likeness (QED) is 0.315. The summed E-state index contributed by atoms with van der Waals surface area (Å²) in [4.78, 5) is 31.5. The number of rotatable bonds is 7. The number of likely N-dealkylation sites (tertiary alicyclic amines) is 1. The van der Waals surface area contributed by atoms with Crippen LogP contribution in [0.1, 0.15) is 43.5 Å². The number of nitrogens with zero attached hydrogens (tertiary/aromatic N) is 2. The summed E-state index contributed by atoms with van der Waals surface area (Å²) in [5.74, 6) is -1.24. The standard InChI is InChI=1S/C22H23ClN2O4/c1-3-4-7-12-25-19(17-8-5-6-11-24-17)18(21(27)22(25)28)20(26)15-13-14(29-2)9-10-16(15)23/h5-6,8-11,13,19,26H,3-4,7,12H2,1-2H3/b20-18+. The molecule has 7 heteroatoms. The number of ketones is 1. The molecule has 1 N–H and O–H groups in total. The van der Waals surface area contributed by atoms with Crippen LogP contribution in [0.5, 0.6) is 5.75 Å². The van der Waals surface area contributed by atoms with E-state index in [1.165, 1.54) is 18.1 Å². The molecule has 1 fully saturated rings. The van der Waals surface area contributed by atoms with Gasteiger partial charge in [0, 0.05) is 18.3 Å². The van der Waals surface area contributed by atoms with Crippen molar-refractivity contribution in [2.24, 2.45) is 0 Å². The van der Waals surface area contributed by atoms with Gasteiger partial charge in [0.15, 0.2) is 0 Å². The molecule has 1 atom stereocenters. The monoisotopic (exact) mass is 414 g/mol. The van der Waals surface area contributed by atoms with Crippen molar-refractivity contribution in [2.75, 3.05) is 13.7 Å². The minimum absolute atomic E-state index is 0.0136. The highest BCUT2D eigenvalue weighted by molar-refractivity contribution is 6.47. The van der Waals surface area contributed by atoms with E-state index < -0.39 is 17.7 Å². The number of pyridine rings is 1. The molecule has 2 heterocycles. The Balaban J connectivity index is 2.15. The Bertz CT molecular complexity index is 943. The van der Waals surface area contributed by atoms with Crippen molar-refractivity contribution in [2.45, 2.75) is 32.2 Å². The first-order valence-corrected chi connectivity index (χ1v) is 9.90. The van der Waals surface area contributed by atoms with Crippen molar-refractivity contribution in [3.05, 3.63) is 64.4 Å². The number of aromatic nitrogens is 1. The van der Waals surface area contributed by atoms with Gasteiger partial charge in [-0.05, 0) is 36.8 Å². The van der Waals surface area contributed by atoms with Crippen molar-refractivity contribution in [1.82, 2.24) is 9.88 Å². The fourth-order valence-corrected chi connectivity index (χ4v) is 3.65. The molecule has 6 nitrogen and oxygen atoms in total. The molecule has 152 valence electrons. The first-order valence-electron chi connectivity index (χ1n) is 9.52. The molecule has 0 spiro atoms. The zero-order valence-corrected chi connectivity index (χ0v) is 17.1. The third kappa shape index (κ3) is 4.12. The summed E-state index contributed by atoms with van der Waals surface area (Å²) < 4.78 is 5.20. The number of Topliss-reactive ketones (excluding diaryl/α,β-unsaturated/α-hetero) is 1. The fraction of sp³-hybridized carbons (Fsp3) is 0.318. The van der Waals surface area contributed by atoms with Crippen molar-refractivity contribution >= 4 is 29.1 Å². The van der Waals surface area contributed by atoms with Crippen LogP contribution >= 0.6 is 11.6 Å². The van der Waals surface area contributed by atoms with Gasteiger partial charge >= 0.3 is 0 Å². The van der Waals surface area contributed by atoms with Crippen LogP contribution in [0.25, 0.3) is 5.76 Å². The summed E-state index contributed by atoms with van der Waals surface area (Å²) in [6.45, 7) is 2.47. The Morgan fingerprint density at radius 1 is 1.24 bits per heavy atom. The predicted octanol–water partition coefficient (Wildman–Crippen LogP) is 4.36. The second-order valence-electron chi connectivity index (χ2n) is 6.80. The van der Waals surface area contributed by atoms with E-state index >= 15 is 0 Å². The van der Waals surface area contributed by atoms with Crippen molar-refractivity contribution in [3.63, 3.8) is 0 Å². The lowest BCUT2D eigenvalue weighted by Gasteiger charge is -2.24. The van der Waals surface area contributed by atoms with Crippen molar-refractivity contribution in [3.8, 4) is 5.75 Å². The summed E-state index contributed by atoms with van der Waals surface area (Å²) >= 11 is 6.27. The normalized spacial score (nSPS) is 18.3. The maximum absolute atomic E-state index is 12.9. The number of methoxy groups -OCH3 is 1. The SMILES string of the molecule is CCCCCN1C(=O)C(=O)/C(=C(/O)c2cc(OC)ccc2Cl)C1c1ccccn1. The van der Waals surface area contributed by atoms with E-state index in [9.17, 15) is 14.7 Å². The molecule has 1 aliphatic rings. The van der Waals surface area contributed by atoms with E-state index in [0.29, 0.717) is 18.0 Å². The lowest BCUT2D eigenvalue weighted by Crippen LogP contribution is -2.31. The number of aliphatic hydroxyl groups excluding tert-OH is 1. The minimum atomic E-state index is -0.768. The molecular weight excluding hydrogens is 392 g/mol. The van der Waals surface area contributed by atoms with E-state index in [0.717, 1.165) is 19.3 Å². The zero-order chi connectivity index (χ0) is 21.0. The summed E-state index contributed by atoms with van der Waals surface area (Å²) in [5.41, 5.74) is 0.739. The van der Waals surface area contributed by atoms with Gasteiger partial charge in [-0.15, -0.1) is 0 Å². The molecule has 1 aliphatic heterocycles. The lowest BCUT2D eigenvalue weighted by atomic mass is 9.98. The molecule has 3 rings (SSSR count). The molecule has 0 saturated carbocycles. The molecular formula is C22H23ClN2O4. The molecule has 1 aromatic heterocycles. The smallest absolute Gasteiger partial charge is 0.295 e. The second-order valence-corrected chi connectivity index (χ2v) is 7.21. The van der Waals surface area contributed by atoms with Gasteiger partial charge < -0.3 is 14.7 Å². The Hall–Kier alpha value is -2.86. The minimum Gasteiger partial charge on any atom is -0.507 e. The first-order chi connectivity index (χ1) is 14.0. The summed E-state index contributed by atoms with van der Waals surface area (Å²) in [7, 11) is 1.49. The number of aliphatic hydroxyl groups is 1. The molecule has 1 amide bonds. The summed E-state index contributed by atoms with van der Waals surface area (Å²) in [6, 6.07) is 9.27. The van der Waals surface area contributed by atoms with Crippen LogP contribution in [0.15, 0.2) is 48.2 Å². The first kappa shape index (κ1) is 20.9. The van der Waals surface area contributed by atoms with Crippen LogP contribution < -0.4 is 4.74 Å². The van der Waals surface area contributed by atoms with Crippen molar-refractivity contribution < 1.29 is 19.4 Å². The number of hydrogen-bond donors (Lipinski definition) is 1. The predicted molar refractivity (Wildman–Crippen MR) is 111 cm³/mol. The van der Waals surface area contributed by atoms with Gasteiger partial charge in [-0.25, -0.2) is 0 Å². The highest BCUT2D eigenvalue weighted by Gasteiger charge is 2.46. The third-order valence-electron chi connectivity index (χ3n) is 4.94. The maximum atomic E-state index is 12.9. The molecule has 0 bridgehead atoms. The second kappa shape index (κ2) is 9.09. The Morgan fingerprint density at radius 2 is 2.03 bits per heavy atom. The van der Waals surface area contributed by atoms with Gasteiger partial charge in [0.25, 0.3) is 11.7 Å². The highest BCUT2D eigenvalue weighted by atomic mass is 35.5. The van der Waals surface area contributed by atoms with E-state index in [1.54, 1.807) is 36.5 Å². The average molecular weight is 415 g/mol. The van der Waals surface area contributed by atoms with Gasteiger partial charge in [0.2, 0.25) is 0 Å². The number of ether oxygens (including phenoxy) is 1. The Labute approximate surface area is 174 Å². The van der Waals surface area contributed by atoms with Crippen LogP contribution in [-0.2, 0) is 9.59 Å². The van der Waals surface area contributed by atoms with Gasteiger partial charge in [-0.1, -0.05) is 37.4 Å². The number of benzene rings is 1. The van der Waals surface area contributed by atoms with Crippen LogP contribution in [0.3, 0.4) is 0 Å². The largest absolute Gasteiger partial charge is 0.507 e. The number of halogens is 1. The number of carbonyl (C=O) groups excluding carboxylic acids is 2. The fourth-order valence-electron chi connectivity index (χ4n) is 3.45. The van der Waals surface area contributed by atoms with Gasteiger partial charge in [-0.2, -0.15) is 0 Å². The molecule has 1 unspecified atom stereocenters. The number of carbonyl (C=O) groups is 2. The number of amides is 1. The van der Waals surface area contributed by atoms with E-state index in [-0.39, 0.29) is 21.9 Å². The van der Waals surface area contributed by atoms with Crippen LogP contribution in [0.2, 0.25) is 5.02 Å². The highest BCUT2D eigenvalue weighted by Crippen LogP contribution is 2.40. The van der Waals surface area contributed by atoms with Crippen molar-refractivity contribution in [1.29, 1.82) is 0 Å². The van der Waals surface area contributed by atoms with Crippen LogP contribution in [0.4, 0.5) is 0 Å². The van der Waals surface area contributed by atoms with Gasteiger partial charge in [0.05, 0.1) is 23.4 Å². The Kier molecular flexibility index (Phi) is 6.54. The zero-order valence-electron chi connectivity index (χ0n) is 16.4. The van der Waals surface area contributed by atoms with E-state index in [2.05, 4.69) is 11.9 Å². The molecule has 29 heavy (non-hydrogen) atoms. The summed E-state index contributed by atoms with van der Waals surface area (Å²) in [6.07, 6.45) is 4.27. The average Bonchev–Trinajstić information content (AvgIpc) is 2.99. The molecule has 1 saturated heterocycles. The van der Waals surface area contributed by atoms with E-state index in [4.69, 9.17) is 16.3 Å². The molecule has 1 aromatic carbocycles. The topological polar surface area (TPSA) is 79.7 Å². The van der Waals surface area contributed by atoms with Gasteiger partial charge in [-0.3, -0.25) is 14.6 Å². The summed E-state index contributed by atoms with van der Waals surface area (Å²) in [5, 5.41) is 11.3. The van der Waals surface area contributed by atoms with E-state index in [1.807, 2.05) is 0 Å². The molecule has 0 radical (unpaired) electrons. The molecule has 2 aromatic rings. The van der Waals surface area contributed by atoms with Crippen LogP contribution in [-0.4, -0.2) is 40.3 Å². The van der Waals surface area contributed by atoms with Crippen LogP contribution in [0, 0.1) is 0 Å². The lowest BCUT2D eigenvalue weighted by molar-refractivity contribution is -0.140. The molecule has 0 aliphatic carbocycles. The number of hydrogen-bond acceptors (Lipinski definition) is 5. The maximum Gasteiger partial charge on any atom is 0.295 e.